The first-order valence-corrected chi connectivity index (χ1v) is 9.42. The molecule has 0 bridgehead atoms. The molecule has 2 heterocycles. The largest absolute Gasteiger partial charge is 0.493 e. The molecule has 0 spiro atoms. The third-order valence-electron chi connectivity index (χ3n) is 5.00. The molecule has 0 aliphatic carbocycles. The van der Waals surface area contributed by atoms with Gasteiger partial charge in [-0.25, -0.2) is 0 Å². The van der Waals surface area contributed by atoms with E-state index in [-0.39, 0.29) is 17.9 Å². The van der Waals surface area contributed by atoms with E-state index in [0.29, 0.717) is 43.0 Å². The number of carbonyl (C=O) groups excluding carboxylic acids is 2. The first-order chi connectivity index (χ1) is 13.6. The van der Waals surface area contributed by atoms with E-state index in [2.05, 4.69) is 5.32 Å². The van der Waals surface area contributed by atoms with Crippen LogP contribution in [0.3, 0.4) is 0 Å². The molecule has 3 rings (SSSR count). The van der Waals surface area contributed by atoms with E-state index in [1.807, 2.05) is 18.2 Å². The van der Waals surface area contributed by atoms with Gasteiger partial charge in [0.05, 0.1) is 26.0 Å². The quantitative estimate of drug-likeness (QED) is 0.791. The highest BCUT2D eigenvalue weighted by molar-refractivity contribution is 5.93. The fraction of sp³-hybridized carbons (Fsp3) is 0.429. The third kappa shape index (κ3) is 4.85. The first kappa shape index (κ1) is 19.8. The van der Waals surface area contributed by atoms with Gasteiger partial charge in [0.25, 0.3) is 5.91 Å². The maximum absolute atomic E-state index is 12.3. The molecule has 1 aliphatic rings. The van der Waals surface area contributed by atoms with Crippen LogP contribution < -0.4 is 14.8 Å². The number of carbonyl (C=O) groups is 2. The Labute approximate surface area is 164 Å². The summed E-state index contributed by atoms with van der Waals surface area (Å²) in [5.74, 6) is 1.34. The molecule has 1 fully saturated rings. The average Bonchev–Trinajstić information content (AvgIpc) is 3.27. The van der Waals surface area contributed by atoms with Gasteiger partial charge >= 0.3 is 0 Å². The molecule has 0 saturated carbocycles. The molecule has 1 saturated heterocycles. The molecular weight excluding hydrogens is 360 g/mol. The van der Waals surface area contributed by atoms with Gasteiger partial charge in [0.1, 0.15) is 6.26 Å². The van der Waals surface area contributed by atoms with E-state index in [0.717, 1.165) is 18.4 Å². The average molecular weight is 386 g/mol. The lowest BCUT2D eigenvalue weighted by molar-refractivity contribution is -0.122. The molecule has 0 unspecified atom stereocenters. The van der Waals surface area contributed by atoms with Crippen molar-refractivity contribution in [2.24, 2.45) is 0 Å². The molecule has 1 N–H and O–H groups in total. The fourth-order valence-electron chi connectivity index (χ4n) is 3.39. The van der Waals surface area contributed by atoms with Gasteiger partial charge in [-0.3, -0.25) is 9.59 Å². The van der Waals surface area contributed by atoms with Crippen molar-refractivity contribution < 1.29 is 23.5 Å². The van der Waals surface area contributed by atoms with Crippen LogP contribution in [0.25, 0.3) is 0 Å². The van der Waals surface area contributed by atoms with E-state index in [4.69, 9.17) is 13.9 Å². The Morgan fingerprint density at radius 2 is 1.89 bits per heavy atom. The van der Waals surface area contributed by atoms with Crippen molar-refractivity contribution in [3.05, 3.63) is 47.9 Å². The molecule has 2 amide bonds. The van der Waals surface area contributed by atoms with Gasteiger partial charge in [-0.2, -0.15) is 0 Å². The number of amides is 2. The van der Waals surface area contributed by atoms with Gasteiger partial charge < -0.3 is 24.1 Å². The first-order valence-electron chi connectivity index (χ1n) is 9.42. The van der Waals surface area contributed by atoms with Crippen LogP contribution in [0, 0.1) is 0 Å². The van der Waals surface area contributed by atoms with E-state index in [1.165, 1.54) is 12.5 Å². The summed E-state index contributed by atoms with van der Waals surface area (Å²) in [6.45, 7) is 1.26. The van der Waals surface area contributed by atoms with E-state index < -0.39 is 0 Å². The highest BCUT2D eigenvalue weighted by Crippen LogP contribution is 2.28. The van der Waals surface area contributed by atoms with E-state index in [9.17, 15) is 9.59 Å². The molecular formula is C21H26N2O5. The predicted molar refractivity (Wildman–Crippen MR) is 104 cm³/mol. The smallest absolute Gasteiger partial charge is 0.257 e. The summed E-state index contributed by atoms with van der Waals surface area (Å²) in [5, 5.41) is 3.08. The standard InChI is InChI=1S/C21H26N2O5/c1-26-18-5-3-15(13-19(18)27-2)4-6-20(24)22-17-7-10-23(11-8-17)21(25)16-9-12-28-14-16/h3,5,9,12-14,17H,4,6-8,10-11H2,1-2H3,(H,22,24). The van der Waals surface area contributed by atoms with Gasteiger partial charge in [-0.05, 0) is 43.0 Å². The lowest BCUT2D eigenvalue weighted by Gasteiger charge is -2.32. The SMILES string of the molecule is COc1ccc(CCC(=O)NC2CCN(C(=O)c3ccoc3)CC2)cc1OC. The molecule has 1 aromatic carbocycles. The summed E-state index contributed by atoms with van der Waals surface area (Å²) >= 11 is 0. The monoisotopic (exact) mass is 386 g/mol. The number of piperidine rings is 1. The van der Waals surface area contributed by atoms with Crippen molar-refractivity contribution in [1.29, 1.82) is 0 Å². The fourth-order valence-corrected chi connectivity index (χ4v) is 3.39. The van der Waals surface area contributed by atoms with Crippen molar-refractivity contribution in [2.45, 2.75) is 31.7 Å². The molecule has 28 heavy (non-hydrogen) atoms. The summed E-state index contributed by atoms with van der Waals surface area (Å²) in [6, 6.07) is 7.45. The van der Waals surface area contributed by atoms with Crippen LogP contribution in [0.15, 0.2) is 41.2 Å². The maximum atomic E-state index is 12.3. The topological polar surface area (TPSA) is 81.0 Å². The zero-order chi connectivity index (χ0) is 19.9. The number of nitrogens with zero attached hydrogens (tertiary/aromatic N) is 1. The van der Waals surface area contributed by atoms with Crippen LogP contribution in [0.1, 0.15) is 35.2 Å². The summed E-state index contributed by atoms with van der Waals surface area (Å²) in [5.41, 5.74) is 1.59. The lowest BCUT2D eigenvalue weighted by atomic mass is 10.0. The summed E-state index contributed by atoms with van der Waals surface area (Å²) in [7, 11) is 3.19. The molecule has 2 aromatic rings. The number of benzene rings is 1. The molecule has 1 aliphatic heterocycles. The molecule has 1 aromatic heterocycles. The Bertz CT molecular complexity index is 795. The minimum absolute atomic E-state index is 0.0213. The molecule has 0 atom stereocenters. The van der Waals surface area contributed by atoms with Gasteiger partial charge in [0, 0.05) is 25.6 Å². The molecule has 0 radical (unpaired) electrons. The predicted octanol–water partition coefficient (Wildman–Crippen LogP) is 2.65. The Balaban J connectivity index is 1.43. The van der Waals surface area contributed by atoms with Crippen molar-refractivity contribution in [3.63, 3.8) is 0 Å². The second-order valence-corrected chi connectivity index (χ2v) is 6.84. The Morgan fingerprint density at radius 1 is 1.14 bits per heavy atom. The molecule has 7 heteroatoms. The summed E-state index contributed by atoms with van der Waals surface area (Å²) in [4.78, 5) is 26.4. The number of hydrogen-bond acceptors (Lipinski definition) is 5. The van der Waals surface area contributed by atoms with Crippen molar-refractivity contribution in [2.75, 3.05) is 27.3 Å². The number of furan rings is 1. The number of ether oxygens (including phenoxy) is 2. The van der Waals surface area contributed by atoms with Crippen LogP contribution in [0.2, 0.25) is 0 Å². The van der Waals surface area contributed by atoms with Crippen LogP contribution >= 0.6 is 0 Å². The number of hydrogen-bond donors (Lipinski definition) is 1. The lowest BCUT2D eigenvalue weighted by Crippen LogP contribution is -2.46. The summed E-state index contributed by atoms with van der Waals surface area (Å²) in [6.07, 6.45) is 5.51. The third-order valence-corrected chi connectivity index (χ3v) is 5.00. The zero-order valence-corrected chi connectivity index (χ0v) is 16.3. The Morgan fingerprint density at radius 3 is 2.54 bits per heavy atom. The number of methoxy groups -OCH3 is 2. The van der Waals surface area contributed by atoms with Crippen LogP contribution in [0.4, 0.5) is 0 Å². The second-order valence-electron chi connectivity index (χ2n) is 6.84. The molecule has 7 nitrogen and oxygen atoms in total. The van der Waals surface area contributed by atoms with Crippen LogP contribution in [-0.2, 0) is 11.2 Å². The Kier molecular flexibility index (Phi) is 6.57. The Hall–Kier alpha value is -2.96. The normalized spacial score (nSPS) is 14.6. The van der Waals surface area contributed by atoms with Crippen molar-refractivity contribution in [1.82, 2.24) is 10.2 Å². The number of nitrogens with one attached hydrogen (secondary N) is 1. The van der Waals surface area contributed by atoms with Gasteiger partial charge in [0.15, 0.2) is 11.5 Å². The van der Waals surface area contributed by atoms with Gasteiger partial charge in [0.2, 0.25) is 5.91 Å². The van der Waals surface area contributed by atoms with Gasteiger partial charge in [-0.15, -0.1) is 0 Å². The summed E-state index contributed by atoms with van der Waals surface area (Å²) < 4.78 is 15.5. The minimum Gasteiger partial charge on any atom is -0.493 e. The number of likely N-dealkylation sites (tertiary alicyclic amines) is 1. The maximum Gasteiger partial charge on any atom is 0.257 e. The minimum atomic E-state index is -0.0213. The van der Waals surface area contributed by atoms with Crippen LogP contribution in [-0.4, -0.2) is 50.1 Å². The second kappa shape index (κ2) is 9.30. The number of aryl methyl sites for hydroxylation is 1. The zero-order valence-electron chi connectivity index (χ0n) is 16.3. The van der Waals surface area contributed by atoms with E-state index in [1.54, 1.807) is 25.2 Å². The van der Waals surface area contributed by atoms with Crippen molar-refractivity contribution in [3.8, 4) is 11.5 Å². The highest BCUT2D eigenvalue weighted by atomic mass is 16.5. The molecule has 150 valence electrons. The van der Waals surface area contributed by atoms with Gasteiger partial charge in [-0.1, -0.05) is 6.07 Å². The van der Waals surface area contributed by atoms with E-state index >= 15 is 0 Å². The van der Waals surface area contributed by atoms with Crippen molar-refractivity contribution >= 4 is 11.8 Å². The highest BCUT2D eigenvalue weighted by Gasteiger charge is 2.25. The van der Waals surface area contributed by atoms with Crippen LogP contribution in [0.5, 0.6) is 11.5 Å². The number of rotatable bonds is 7.